The second kappa shape index (κ2) is 4.44. The average Bonchev–Trinajstić information content (AvgIpc) is 1.67. The third-order valence-electron chi connectivity index (χ3n) is 0.884. The zero-order valence-electron chi connectivity index (χ0n) is 4.98. The summed E-state index contributed by atoms with van der Waals surface area (Å²) in [6, 6.07) is 0. The molecule has 0 aliphatic rings. The molecule has 0 aliphatic carbocycles. The van der Waals surface area contributed by atoms with Crippen LogP contribution in [0.1, 0.15) is 13.8 Å². The monoisotopic (exact) mass is 240 g/mol. The maximum atomic E-state index is 4.15. The Morgan fingerprint density at radius 2 is 2.00 bits per heavy atom. The van der Waals surface area contributed by atoms with Crippen molar-refractivity contribution in [2.45, 2.75) is 13.8 Å². The van der Waals surface area contributed by atoms with Gasteiger partial charge in [-0.1, -0.05) is 28.7 Å². The van der Waals surface area contributed by atoms with Crippen LogP contribution < -0.4 is 0 Å². The van der Waals surface area contributed by atoms with Crippen LogP contribution in [-0.2, 0) is 0 Å². The smallest absolute Gasteiger partial charge is 0.0186 e. The van der Waals surface area contributed by atoms with Gasteiger partial charge in [0, 0.05) is 0 Å². The van der Waals surface area contributed by atoms with Gasteiger partial charge < -0.3 is 0 Å². The van der Waals surface area contributed by atoms with Crippen molar-refractivity contribution in [2.75, 3.05) is 0 Å². The Hall–Kier alpha value is 0.560. The highest BCUT2D eigenvalue weighted by molar-refractivity contribution is 14.1. The van der Waals surface area contributed by atoms with E-state index in [0.717, 1.165) is 4.91 Å². The number of halogens is 1. The van der Waals surface area contributed by atoms with Crippen LogP contribution in [0.2, 0.25) is 0 Å². The summed E-state index contributed by atoms with van der Waals surface area (Å²) >= 11 is 6.34. The second-order valence-corrected chi connectivity index (χ2v) is 2.95. The van der Waals surface area contributed by atoms with Crippen LogP contribution in [0.15, 0.2) is 20.6 Å². The lowest BCUT2D eigenvalue weighted by atomic mass is 10.3. The Balaban J connectivity index is 4.00. The van der Waals surface area contributed by atoms with Crippen LogP contribution in [0.25, 0.3) is 0 Å². The first-order valence-corrected chi connectivity index (χ1v) is 4.01. The molecule has 0 heterocycles. The molecule has 0 saturated carbocycles. The van der Waals surface area contributed by atoms with Gasteiger partial charge in [-0.3, -0.25) is 0 Å². The molecule has 0 bridgehead atoms. The summed E-state index contributed by atoms with van der Waals surface area (Å²) in [6.07, 6.45) is 2.03. The first-order valence-electron chi connectivity index (χ1n) is 2.31. The summed E-state index contributed by atoms with van der Waals surface area (Å²) in [5.41, 5.74) is 1.22. The summed E-state index contributed by atoms with van der Waals surface area (Å²) in [6.45, 7) is 4.02. The quantitative estimate of drug-likeness (QED) is 0.406. The fourth-order valence-corrected chi connectivity index (χ4v) is 0.829. The maximum Gasteiger partial charge on any atom is -0.0186 e. The highest BCUT2D eigenvalue weighted by atomic mass is 127. The normalized spacial score (nSPS) is 14.5. The van der Waals surface area contributed by atoms with Gasteiger partial charge in [-0.15, -0.1) is 12.6 Å². The third-order valence-corrected chi connectivity index (χ3v) is 1.60. The van der Waals surface area contributed by atoms with Crippen molar-refractivity contribution in [2.24, 2.45) is 0 Å². The maximum absolute atomic E-state index is 4.15. The van der Waals surface area contributed by atoms with E-state index in [9.17, 15) is 0 Å². The van der Waals surface area contributed by atoms with Gasteiger partial charge in [0.1, 0.15) is 0 Å². The SMILES string of the molecule is C/C(S)=C(C)/C=C\I. The molecule has 0 N–H and O–H groups in total. The van der Waals surface area contributed by atoms with E-state index in [4.69, 9.17) is 0 Å². The van der Waals surface area contributed by atoms with Gasteiger partial charge in [-0.2, -0.15) is 0 Å². The zero-order chi connectivity index (χ0) is 6.57. The molecule has 0 atom stereocenters. The molecule has 0 aromatic rings. The molecule has 46 valence electrons. The number of allylic oxidation sites excluding steroid dienone is 3. The Morgan fingerprint density at radius 1 is 1.50 bits per heavy atom. The van der Waals surface area contributed by atoms with Crippen LogP contribution >= 0.6 is 35.2 Å². The predicted octanol–water partition coefficient (Wildman–Crippen LogP) is 3.16. The molecule has 0 aliphatic heterocycles. The van der Waals surface area contributed by atoms with Crippen LogP contribution in [0.3, 0.4) is 0 Å². The lowest BCUT2D eigenvalue weighted by molar-refractivity contribution is 1.46. The summed E-state index contributed by atoms with van der Waals surface area (Å²) < 4.78 is 1.98. The van der Waals surface area contributed by atoms with E-state index in [1.54, 1.807) is 0 Å². The molecule has 0 radical (unpaired) electrons. The van der Waals surface area contributed by atoms with Gasteiger partial charge in [-0.25, -0.2) is 0 Å². The van der Waals surface area contributed by atoms with E-state index in [1.807, 2.05) is 24.0 Å². The molecule has 0 aromatic carbocycles. The molecule has 8 heavy (non-hydrogen) atoms. The molecule has 0 saturated heterocycles. The molecule has 0 fully saturated rings. The lowest BCUT2D eigenvalue weighted by Crippen LogP contribution is -1.67. The third kappa shape index (κ3) is 3.55. The first kappa shape index (κ1) is 8.56. The van der Waals surface area contributed by atoms with Gasteiger partial charge in [-0.05, 0) is 28.4 Å². The van der Waals surface area contributed by atoms with E-state index >= 15 is 0 Å². The van der Waals surface area contributed by atoms with E-state index in [1.165, 1.54) is 5.57 Å². The van der Waals surface area contributed by atoms with E-state index in [-0.39, 0.29) is 0 Å². The predicted molar refractivity (Wildman–Crippen MR) is 50.5 cm³/mol. The first-order chi connectivity index (χ1) is 3.68. The largest absolute Gasteiger partial charge is 0.148 e. The number of hydrogen-bond acceptors (Lipinski definition) is 1. The Kier molecular flexibility index (Phi) is 4.75. The highest BCUT2D eigenvalue weighted by Crippen LogP contribution is 2.08. The van der Waals surface area contributed by atoms with Crippen molar-refractivity contribution < 1.29 is 0 Å². The fraction of sp³-hybridized carbons (Fsp3) is 0.333. The summed E-state index contributed by atoms with van der Waals surface area (Å²) in [7, 11) is 0. The van der Waals surface area contributed by atoms with Gasteiger partial charge in [0.2, 0.25) is 0 Å². The number of thiol groups is 1. The van der Waals surface area contributed by atoms with Crippen molar-refractivity contribution in [3.8, 4) is 0 Å². The minimum absolute atomic E-state index is 1.08. The van der Waals surface area contributed by atoms with E-state index < -0.39 is 0 Å². The van der Waals surface area contributed by atoms with Gasteiger partial charge in [0.25, 0.3) is 0 Å². The van der Waals surface area contributed by atoms with E-state index in [0.29, 0.717) is 0 Å². The van der Waals surface area contributed by atoms with Crippen molar-refractivity contribution in [1.82, 2.24) is 0 Å². The van der Waals surface area contributed by atoms with E-state index in [2.05, 4.69) is 35.2 Å². The van der Waals surface area contributed by atoms with Crippen LogP contribution in [0.4, 0.5) is 0 Å². The minimum Gasteiger partial charge on any atom is -0.148 e. The molecule has 0 amide bonds. The Morgan fingerprint density at radius 3 is 2.12 bits per heavy atom. The molecule has 0 nitrogen and oxygen atoms in total. The second-order valence-electron chi connectivity index (χ2n) is 1.56. The number of rotatable bonds is 1. The average molecular weight is 240 g/mol. The molecule has 0 unspecified atom stereocenters. The topological polar surface area (TPSA) is 0 Å². The van der Waals surface area contributed by atoms with Crippen LogP contribution in [0.5, 0.6) is 0 Å². The highest BCUT2D eigenvalue weighted by Gasteiger charge is 1.82. The van der Waals surface area contributed by atoms with Crippen molar-refractivity contribution in [3.63, 3.8) is 0 Å². The summed E-state index contributed by atoms with van der Waals surface area (Å²) in [5.74, 6) is 0. The molecule has 0 aromatic heterocycles. The Bertz CT molecular complexity index is 120. The summed E-state index contributed by atoms with van der Waals surface area (Å²) in [4.78, 5) is 1.08. The standard InChI is InChI=1S/C6H9IS/c1-5(3-4-7)6(2)8/h3-4,8H,1-2H3/b4-3-,6-5-. The summed E-state index contributed by atoms with van der Waals surface area (Å²) in [5, 5.41) is 0. The zero-order valence-corrected chi connectivity index (χ0v) is 8.03. The van der Waals surface area contributed by atoms with Gasteiger partial charge >= 0.3 is 0 Å². The Labute approximate surface area is 69.6 Å². The van der Waals surface area contributed by atoms with Gasteiger partial charge in [0.05, 0.1) is 0 Å². The molecule has 0 rings (SSSR count). The number of hydrogen-bond donors (Lipinski definition) is 1. The van der Waals surface area contributed by atoms with Crippen LogP contribution in [-0.4, -0.2) is 0 Å². The lowest BCUT2D eigenvalue weighted by Gasteiger charge is -1.90. The van der Waals surface area contributed by atoms with Gasteiger partial charge in [0.15, 0.2) is 0 Å². The van der Waals surface area contributed by atoms with Crippen molar-refractivity contribution in [3.05, 3.63) is 20.6 Å². The molecule has 0 spiro atoms. The molecule has 2 heteroatoms. The van der Waals surface area contributed by atoms with Crippen molar-refractivity contribution >= 4 is 35.2 Å². The molecular weight excluding hydrogens is 231 g/mol. The van der Waals surface area contributed by atoms with Crippen LogP contribution in [0, 0.1) is 0 Å². The minimum atomic E-state index is 1.08. The van der Waals surface area contributed by atoms with Crippen molar-refractivity contribution in [1.29, 1.82) is 0 Å². The fourth-order valence-electron chi connectivity index (χ4n) is 0.215. The molecular formula is C6H9IS.